The van der Waals surface area contributed by atoms with Gasteiger partial charge in [-0.2, -0.15) is 0 Å². The van der Waals surface area contributed by atoms with Crippen LogP contribution in [0.15, 0.2) is 61.3 Å². The van der Waals surface area contributed by atoms with E-state index in [1.807, 2.05) is 13.8 Å². The van der Waals surface area contributed by atoms with E-state index in [1.165, 1.54) is 6.20 Å². The second-order valence-corrected chi connectivity index (χ2v) is 5.89. The van der Waals surface area contributed by atoms with Gasteiger partial charge in [0.25, 0.3) is 11.8 Å². The molecule has 0 saturated heterocycles. The van der Waals surface area contributed by atoms with E-state index in [0.29, 0.717) is 35.7 Å². The van der Waals surface area contributed by atoms with Crippen molar-refractivity contribution < 1.29 is 9.59 Å². The first-order chi connectivity index (χ1) is 13.1. The monoisotopic (exact) mass is 363 g/mol. The molecule has 0 atom stereocenters. The topological polar surface area (TPSA) is 80.1 Å². The maximum atomic E-state index is 12.5. The van der Waals surface area contributed by atoms with Gasteiger partial charge in [-0.1, -0.05) is 6.07 Å². The van der Waals surface area contributed by atoms with Gasteiger partial charge in [0.15, 0.2) is 0 Å². The van der Waals surface area contributed by atoms with Crippen LogP contribution in [-0.2, 0) is 0 Å². The molecule has 1 aromatic carbocycles. The first-order valence-electron chi connectivity index (χ1n) is 8.77. The van der Waals surface area contributed by atoms with Crippen LogP contribution in [0, 0.1) is 0 Å². The van der Waals surface area contributed by atoms with Crippen LogP contribution in [0.5, 0.6) is 0 Å². The number of imidazole rings is 1. The van der Waals surface area contributed by atoms with Crippen molar-refractivity contribution in [1.29, 1.82) is 0 Å². The predicted molar refractivity (Wildman–Crippen MR) is 103 cm³/mol. The van der Waals surface area contributed by atoms with Gasteiger partial charge in [-0.25, -0.2) is 9.97 Å². The van der Waals surface area contributed by atoms with E-state index in [-0.39, 0.29) is 11.8 Å². The predicted octanol–water partition coefficient (Wildman–Crippen LogP) is 3.00. The molecule has 2 aromatic heterocycles. The van der Waals surface area contributed by atoms with Gasteiger partial charge in [0.2, 0.25) is 0 Å². The lowest BCUT2D eigenvalue weighted by atomic mass is 10.1. The van der Waals surface area contributed by atoms with Gasteiger partial charge in [0.05, 0.1) is 5.56 Å². The Balaban J connectivity index is 1.72. The number of aromatic nitrogens is 3. The molecule has 0 aliphatic carbocycles. The summed E-state index contributed by atoms with van der Waals surface area (Å²) >= 11 is 0. The minimum absolute atomic E-state index is 0.0533. The third-order valence-corrected chi connectivity index (χ3v) is 4.20. The largest absolute Gasteiger partial charge is 0.339 e. The van der Waals surface area contributed by atoms with Crippen LogP contribution in [-0.4, -0.2) is 44.3 Å². The van der Waals surface area contributed by atoms with E-state index in [4.69, 9.17) is 0 Å². The molecule has 0 spiro atoms. The number of benzene rings is 1. The molecule has 0 fully saturated rings. The molecule has 1 N–H and O–H groups in total. The maximum absolute atomic E-state index is 12.5. The van der Waals surface area contributed by atoms with Crippen LogP contribution < -0.4 is 5.32 Å². The highest BCUT2D eigenvalue weighted by molar-refractivity contribution is 6.05. The molecule has 0 aliphatic heterocycles. The average molecular weight is 363 g/mol. The summed E-state index contributed by atoms with van der Waals surface area (Å²) in [7, 11) is 0. The Kier molecular flexibility index (Phi) is 5.61. The van der Waals surface area contributed by atoms with Gasteiger partial charge in [-0.3, -0.25) is 14.2 Å². The summed E-state index contributed by atoms with van der Waals surface area (Å²) in [5.41, 5.74) is 1.54. The van der Waals surface area contributed by atoms with Crippen molar-refractivity contribution in [3.63, 3.8) is 0 Å². The molecule has 27 heavy (non-hydrogen) atoms. The summed E-state index contributed by atoms with van der Waals surface area (Å²) in [4.78, 5) is 34.9. The number of carbonyl (C=O) groups is 2. The van der Waals surface area contributed by atoms with Crippen molar-refractivity contribution in [2.45, 2.75) is 13.8 Å². The molecule has 0 aliphatic rings. The molecule has 3 rings (SSSR count). The molecule has 2 heterocycles. The third kappa shape index (κ3) is 4.20. The summed E-state index contributed by atoms with van der Waals surface area (Å²) in [5, 5.41) is 2.81. The summed E-state index contributed by atoms with van der Waals surface area (Å²) in [5.74, 6) is 0.338. The van der Waals surface area contributed by atoms with Crippen molar-refractivity contribution in [2.75, 3.05) is 18.4 Å². The number of hydrogen-bond acceptors (Lipinski definition) is 4. The lowest BCUT2D eigenvalue weighted by Crippen LogP contribution is -2.30. The SMILES string of the molecule is CCN(CC)C(=O)c1cccc(NC(=O)c2ccc(-n3ccnc3)nc2)c1. The molecule has 3 aromatic rings. The molecule has 0 unspecified atom stereocenters. The van der Waals surface area contributed by atoms with E-state index in [9.17, 15) is 9.59 Å². The molecular weight excluding hydrogens is 342 g/mol. The fourth-order valence-corrected chi connectivity index (χ4v) is 2.69. The van der Waals surface area contributed by atoms with Crippen molar-refractivity contribution in [3.8, 4) is 5.82 Å². The van der Waals surface area contributed by atoms with Gasteiger partial charge in [0.1, 0.15) is 12.1 Å². The van der Waals surface area contributed by atoms with Gasteiger partial charge >= 0.3 is 0 Å². The maximum Gasteiger partial charge on any atom is 0.257 e. The van der Waals surface area contributed by atoms with Gasteiger partial charge in [-0.15, -0.1) is 0 Å². The summed E-state index contributed by atoms with van der Waals surface area (Å²) < 4.78 is 1.75. The number of nitrogens with one attached hydrogen (secondary N) is 1. The minimum Gasteiger partial charge on any atom is -0.339 e. The fourth-order valence-electron chi connectivity index (χ4n) is 2.69. The first-order valence-corrected chi connectivity index (χ1v) is 8.77. The van der Waals surface area contributed by atoms with Gasteiger partial charge < -0.3 is 10.2 Å². The van der Waals surface area contributed by atoms with Crippen LogP contribution >= 0.6 is 0 Å². The van der Waals surface area contributed by atoms with Crippen molar-refractivity contribution >= 4 is 17.5 Å². The van der Waals surface area contributed by atoms with Crippen molar-refractivity contribution in [3.05, 3.63) is 72.4 Å². The minimum atomic E-state index is -0.285. The van der Waals surface area contributed by atoms with Crippen LogP contribution in [0.3, 0.4) is 0 Å². The number of hydrogen-bond donors (Lipinski definition) is 1. The van der Waals surface area contributed by atoms with Gasteiger partial charge in [0, 0.05) is 42.9 Å². The van der Waals surface area contributed by atoms with E-state index >= 15 is 0 Å². The first kappa shape index (κ1) is 18.3. The standard InChI is InChI=1S/C20H21N5O2/c1-3-24(4-2)20(27)15-6-5-7-17(12-15)23-19(26)16-8-9-18(22-13-16)25-11-10-21-14-25/h5-14H,3-4H2,1-2H3,(H,23,26). The Morgan fingerprint density at radius 3 is 2.56 bits per heavy atom. The van der Waals surface area contributed by atoms with Crippen molar-refractivity contribution in [1.82, 2.24) is 19.4 Å². The molecular formula is C20H21N5O2. The van der Waals surface area contributed by atoms with Crippen LogP contribution in [0.25, 0.3) is 5.82 Å². The summed E-state index contributed by atoms with van der Waals surface area (Å²) in [6.07, 6.45) is 6.59. The Hall–Kier alpha value is -3.48. The quantitative estimate of drug-likeness (QED) is 0.730. The molecule has 7 heteroatoms. The number of anilines is 1. The average Bonchev–Trinajstić information content (AvgIpc) is 3.24. The van der Waals surface area contributed by atoms with E-state index < -0.39 is 0 Å². The summed E-state index contributed by atoms with van der Waals surface area (Å²) in [6, 6.07) is 10.4. The number of amides is 2. The Labute approximate surface area is 157 Å². The van der Waals surface area contributed by atoms with E-state index in [0.717, 1.165) is 0 Å². The Bertz CT molecular complexity index is 916. The van der Waals surface area contributed by atoms with E-state index in [2.05, 4.69) is 15.3 Å². The smallest absolute Gasteiger partial charge is 0.257 e. The highest BCUT2D eigenvalue weighted by atomic mass is 16.2. The number of pyridine rings is 1. The van der Waals surface area contributed by atoms with Gasteiger partial charge in [-0.05, 0) is 44.2 Å². The zero-order chi connectivity index (χ0) is 19.2. The fraction of sp³-hybridized carbons (Fsp3) is 0.200. The van der Waals surface area contributed by atoms with Crippen LogP contribution in [0.4, 0.5) is 5.69 Å². The van der Waals surface area contributed by atoms with Crippen LogP contribution in [0.2, 0.25) is 0 Å². The highest BCUT2D eigenvalue weighted by Crippen LogP contribution is 2.15. The molecule has 138 valence electrons. The van der Waals surface area contributed by atoms with Crippen molar-refractivity contribution in [2.24, 2.45) is 0 Å². The highest BCUT2D eigenvalue weighted by Gasteiger charge is 2.14. The normalized spacial score (nSPS) is 10.4. The third-order valence-electron chi connectivity index (χ3n) is 4.20. The lowest BCUT2D eigenvalue weighted by molar-refractivity contribution is 0.0772. The zero-order valence-electron chi connectivity index (χ0n) is 15.3. The Morgan fingerprint density at radius 1 is 1.11 bits per heavy atom. The number of nitrogens with zero attached hydrogens (tertiary/aromatic N) is 4. The second-order valence-electron chi connectivity index (χ2n) is 5.89. The second kappa shape index (κ2) is 8.27. The zero-order valence-corrected chi connectivity index (χ0v) is 15.3. The molecule has 0 saturated carbocycles. The molecule has 2 amide bonds. The number of rotatable bonds is 6. The Morgan fingerprint density at radius 2 is 1.93 bits per heavy atom. The number of carbonyl (C=O) groups excluding carboxylic acids is 2. The summed E-state index contributed by atoms with van der Waals surface area (Å²) in [6.45, 7) is 5.16. The van der Waals surface area contributed by atoms with Crippen LogP contribution in [0.1, 0.15) is 34.6 Å². The van der Waals surface area contributed by atoms with E-state index in [1.54, 1.807) is 64.6 Å². The molecule has 7 nitrogen and oxygen atoms in total. The molecule has 0 bridgehead atoms. The molecule has 0 radical (unpaired) electrons. The lowest BCUT2D eigenvalue weighted by Gasteiger charge is -2.19.